The smallest absolute Gasteiger partial charge is 0.0456 e. The lowest BCUT2D eigenvalue weighted by atomic mass is 10.0. The van der Waals surface area contributed by atoms with E-state index in [1.165, 1.54) is 21.9 Å². The van der Waals surface area contributed by atoms with Gasteiger partial charge in [0.2, 0.25) is 0 Å². The fourth-order valence-corrected chi connectivity index (χ4v) is 2.19. The zero-order valence-corrected chi connectivity index (χ0v) is 9.18. The van der Waals surface area contributed by atoms with Gasteiger partial charge in [0.15, 0.2) is 0 Å². The largest absolute Gasteiger partial charge is 0.258 e. The third-order valence-electron chi connectivity index (χ3n) is 2.58. The molecule has 0 saturated carbocycles. The summed E-state index contributed by atoms with van der Waals surface area (Å²) in [5, 5.41) is 2.62. The molecule has 2 rings (SSSR count). The Morgan fingerprint density at radius 1 is 0.929 bits per heavy atom. The highest BCUT2D eigenvalue weighted by atomic mass is 14.7. The van der Waals surface area contributed by atoms with Crippen molar-refractivity contribution in [3.05, 3.63) is 40.7 Å². The molecule has 14 heavy (non-hydrogen) atoms. The molecule has 1 nitrogen and oxygen atoms in total. The van der Waals surface area contributed by atoms with Gasteiger partial charge in [0.05, 0.1) is 0 Å². The fourth-order valence-electron chi connectivity index (χ4n) is 2.19. The molecule has 1 aromatic carbocycles. The summed E-state index contributed by atoms with van der Waals surface area (Å²) in [6.07, 6.45) is 0. The SMILES string of the molecule is Cc1cc(C)c2c(C)nc(C)cc2c1. The van der Waals surface area contributed by atoms with Gasteiger partial charge in [0.1, 0.15) is 0 Å². The lowest BCUT2D eigenvalue weighted by molar-refractivity contribution is 1.14. The van der Waals surface area contributed by atoms with Crippen molar-refractivity contribution in [1.29, 1.82) is 0 Å². The van der Waals surface area contributed by atoms with E-state index in [-0.39, 0.29) is 0 Å². The molecule has 1 heterocycles. The van der Waals surface area contributed by atoms with Gasteiger partial charge in [-0.3, -0.25) is 4.98 Å². The van der Waals surface area contributed by atoms with Crippen molar-refractivity contribution >= 4 is 10.8 Å². The molecule has 0 amide bonds. The molecule has 0 aliphatic heterocycles. The van der Waals surface area contributed by atoms with Gasteiger partial charge in [0.25, 0.3) is 0 Å². The van der Waals surface area contributed by atoms with E-state index in [0.717, 1.165) is 11.4 Å². The molecule has 0 aliphatic rings. The van der Waals surface area contributed by atoms with Gasteiger partial charge in [-0.25, -0.2) is 0 Å². The molecular weight excluding hydrogens is 170 g/mol. The van der Waals surface area contributed by atoms with Crippen LogP contribution >= 0.6 is 0 Å². The molecule has 72 valence electrons. The van der Waals surface area contributed by atoms with Crippen LogP contribution in [0.4, 0.5) is 0 Å². The average Bonchev–Trinajstić information content (AvgIpc) is 1.99. The van der Waals surface area contributed by atoms with Crippen LogP contribution in [0.25, 0.3) is 10.8 Å². The molecule has 2 aromatic rings. The van der Waals surface area contributed by atoms with E-state index in [1.54, 1.807) is 0 Å². The van der Waals surface area contributed by atoms with Crippen LogP contribution < -0.4 is 0 Å². The highest BCUT2D eigenvalue weighted by molar-refractivity contribution is 5.88. The zero-order valence-electron chi connectivity index (χ0n) is 9.18. The van der Waals surface area contributed by atoms with Crippen LogP contribution in [0.3, 0.4) is 0 Å². The number of hydrogen-bond acceptors (Lipinski definition) is 1. The molecule has 0 radical (unpaired) electrons. The van der Waals surface area contributed by atoms with Gasteiger partial charge in [-0.2, -0.15) is 0 Å². The number of hydrogen-bond donors (Lipinski definition) is 0. The lowest BCUT2D eigenvalue weighted by Gasteiger charge is -2.08. The Hall–Kier alpha value is -1.37. The summed E-state index contributed by atoms with van der Waals surface area (Å²) in [4.78, 5) is 4.49. The van der Waals surface area contributed by atoms with Gasteiger partial charge < -0.3 is 0 Å². The van der Waals surface area contributed by atoms with E-state index in [2.05, 4.69) is 44.0 Å². The number of pyridine rings is 1. The quantitative estimate of drug-likeness (QED) is 0.612. The maximum atomic E-state index is 4.49. The van der Waals surface area contributed by atoms with Crippen LogP contribution in [0, 0.1) is 27.7 Å². The Morgan fingerprint density at radius 2 is 1.64 bits per heavy atom. The number of rotatable bonds is 0. The minimum atomic E-state index is 1.10. The maximum absolute atomic E-state index is 4.49. The van der Waals surface area contributed by atoms with Crippen molar-refractivity contribution in [1.82, 2.24) is 4.98 Å². The summed E-state index contributed by atoms with van der Waals surface area (Å²) >= 11 is 0. The summed E-state index contributed by atoms with van der Waals surface area (Å²) in [7, 11) is 0. The standard InChI is InChI=1S/C13H15N/c1-8-5-9(2)13-11(4)14-10(3)7-12(13)6-8/h5-7H,1-4H3. The summed E-state index contributed by atoms with van der Waals surface area (Å²) in [5.74, 6) is 0. The molecular formula is C13H15N. The Balaban J connectivity index is 2.94. The van der Waals surface area contributed by atoms with Crippen molar-refractivity contribution in [3.63, 3.8) is 0 Å². The molecule has 0 bridgehead atoms. The van der Waals surface area contributed by atoms with Crippen LogP contribution in [0.2, 0.25) is 0 Å². The van der Waals surface area contributed by atoms with Crippen molar-refractivity contribution < 1.29 is 0 Å². The van der Waals surface area contributed by atoms with Crippen LogP contribution in [0.15, 0.2) is 18.2 Å². The number of aryl methyl sites for hydroxylation is 4. The third-order valence-corrected chi connectivity index (χ3v) is 2.58. The average molecular weight is 185 g/mol. The second-order valence-corrected chi connectivity index (χ2v) is 4.03. The predicted molar refractivity (Wildman–Crippen MR) is 60.7 cm³/mol. The van der Waals surface area contributed by atoms with Crippen molar-refractivity contribution in [2.24, 2.45) is 0 Å². The van der Waals surface area contributed by atoms with Crippen LogP contribution in [-0.4, -0.2) is 4.98 Å². The number of nitrogens with zero attached hydrogens (tertiary/aromatic N) is 1. The molecule has 0 atom stereocenters. The Kier molecular flexibility index (Phi) is 2.03. The Bertz CT molecular complexity index is 455. The topological polar surface area (TPSA) is 12.9 Å². The van der Waals surface area contributed by atoms with Gasteiger partial charge >= 0.3 is 0 Å². The highest BCUT2D eigenvalue weighted by Gasteiger charge is 2.03. The van der Waals surface area contributed by atoms with Crippen molar-refractivity contribution in [3.8, 4) is 0 Å². The minimum absolute atomic E-state index is 1.10. The van der Waals surface area contributed by atoms with E-state index < -0.39 is 0 Å². The van der Waals surface area contributed by atoms with Gasteiger partial charge in [-0.15, -0.1) is 0 Å². The van der Waals surface area contributed by atoms with Crippen LogP contribution in [0.1, 0.15) is 22.5 Å². The summed E-state index contributed by atoms with van der Waals surface area (Å²) < 4.78 is 0. The number of fused-ring (bicyclic) bond motifs is 1. The normalized spacial score (nSPS) is 10.9. The number of aromatic nitrogens is 1. The first-order valence-electron chi connectivity index (χ1n) is 4.93. The van der Waals surface area contributed by atoms with Gasteiger partial charge in [0, 0.05) is 16.8 Å². The minimum Gasteiger partial charge on any atom is -0.258 e. The molecule has 0 aliphatic carbocycles. The summed E-state index contributed by atoms with van der Waals surface area (Å²) in [5.41, 5.74) is 4.88. The highest BCUT2D eigenvalue weighted by Crippen LogP contribution is 2.23. The molecule has 1 aromatic heterocycles. The van der Waals surface area contributed by atoms with Crippen LogP contribution in [0.5, 0.6) is 0 Å². The third kappa shape index (κ3) is 1.39. The Labute approximate surface area is 84.8 Å². The van der Waals surface area contributed by atoms with Crippen molar-refractivity contribution in [2.45, 2.75) is 27.7 Å². The first kappa shape index (κ1) is 9.20. The molecule has 0 unspecified atom stereocenters. The van der Waals surface area contributed by atoms with Gasteiger partial charge in [-0.1, -0.05) is 17.7 Å². The lowest BCUT2D eigenvalue weighted by Crippen LogP contribution is -1.91. The van der Waals surface area contributed by atoms with E-state index in [4.69, 9.17) is 0 Å². The molecule has 0 fully saturated rings. The van der Waals surface area contributed by atoms with E-state index in [9.17, 15) is 0 Å². The second-order valence-electron chi connectivity index (χ2n) is 4.03. The number of benzene rings is 1. The summed E-state index contributed by atoms with van der Waals surface area (Å²) in [6.45, 7) is 8.42. The fraction of sp³-hybridized carbons (Fsp3) is 0.308. The van der Waals surface area contributed by atoms with Gasteiger partial charge in [-0.05, 0) is 44.7 Å². The first-order valence-corrected chi connectivity index (χ1v) is 4.93. The molecule has 1 heteroatoms. The van der Waals surface area contributed by atoms with Crippen molar-refractivity contribution in [2.75, 3.05) is 0 Å². The summed E-state index contributed by atoms with van der Waals surface area (Å²) in [6, 6.07) is 6.60. The Morgan fingerprint density at radius 3 is 2.36 bits per heavy atom. The maximum Gasteiger partial charge on any atom is 0.0456 e. The van der Waals surface area contributed by atoms with E-state index in [0.29, 0.717) is 0 Å². The predicted octanol–water partition coefficient (Wildman–Crippen LogP) is 3.47. The molecule has 0 spiro atoms. The monoisotopic (exact) mass is 185 g/mol. The molecule has 0 saturated heterocycles. The zero-order chi connectivity index (χ0) is 10.3. The van der Waals surface area contributed by atoms with E-state index in [1.807, 2.05) is 6.92 Å². The first-order chi connectivity index (χ1) is 6.58. The van der Waals surface area contributed by atoms with E-state index >= 15 is 0 Å². The molecule has 0 N–H and O–H groups in total. The second kappa shape index (κ2) is 3.09. The van der Waals surface area contributed by atoms with Crippen LogP contribution in [-0.2, 0) is 0 Å².